The van der Waals surface area contributed by atoms with Gasteiger partial charge in [0.05, 0.1) is 12.8 Å². The second kappa shape index (κ2) is 11.0. The van der Waals surface area contributed by atoms with E-state index in [9.17, 15) is 9.59 Å². The Hall–Kier alpha value is -3.60. The number of likely N-dealkylation sites (tertiary alicyclic amines) is 1. The Labute approximate surface area is 201 Å². The molecule has 0 aromatic heterocycles. The molecule has 0 unspecified atom stereocenters. The summed E-state index contributed by atoms with van der Waals surface area (Å²) in [6.45, 7) is 1.31. The molecule has 1 fully saturated rings. The van der Waals surface area contributed by atoms with Crippen molar-refractivity contribution < 1.29 is 14.3 Å². The Bertz CT molecular complexity index is 1090. The Morgan fingerprint density at radius 3 is 2.18 bits per heavy atom. The van der Waals surface area contributed by atoms with Gasteiger partial charge in [-0.2, -0.15) is 0 Å². The van der Waals surface area contributed by atoms with E-state index in [0.29, 0.717) is 37.4 Å². The van der Waals surface area contributed by atoms with E-state index in [1.54, 1.807) is 7.11 Å². The van der Waals surface area contributed by atoms with Gasteiger partial charge in [-0.1, -0.05) is 72.8 Å². The number of nitrogens with zero attached hydrogens (tertiary/aromatic N) is 1. The standard InChI is InChI=1S/C29H32N2O3/c1-34-26-15-9-8-14-25(26)30-27(32)22-29(24-12-6-3-7-13-24)18-20-31(21-19-29)28(33)17-16-23-10-4-2-5-11-23/h2-15H,16-22H2,1H3,(H,30,32). The van der Waals surface area contributed by atoms with E-state index in [1.807, 2.05) is 65.6 Å². The fourth-order valence-electron chi connectivity index (χ4n) is 4.85. The number of methoxy groups -OCH3 is 1. The number of hydrogen-bond acceptors (Lipinski definition) is 3. The molecule has 0 aliphatic carbocycles. The number of amides is 2. The van der Waals surface area contributed by atoms with Crippen LogP contribution in [0.15, 0.2) is 84.9 Å². The first kappa shape index (κ1) is 23.6. The molecule has 0 radical (unpaired) electrons. The Kier molecular flexibility index (Phi) is 7.63. The highest BCUT2D eigenvalue weighted by Crippen LogP contribution is 2.39. The minimum Gasteiger partial charge on any atom is -0.495 e. The third kappa shape index (κ3) is 5.66. The monoisotopic (exact) mass is 456 g/mol. The zero-order valence-corrected chi connectivity index (χ0v) is 19.7. The highest BCUT2D eigenvalue weighted by molar-refractivity contribution is 5.93. The quantitative estimate of drug-likeness (QED) is 0.506. The summed E-state index contributed by atoms with van der Waals surface area (Å²) in [4.78, 5) is 28.0. The van der Waals surface area contributed by atoms with E-state index < -0.39 is 0 Å². The third-order valence-corrected chi connectivity index (χ3v) is 6.81. The molecule has 0 bridgehead atoms. The minimum absolute atomic E-state index is 0.0443. The predicted octanol–water partition coefficient (Wildman–Crippen LogP) is 5.22. The summed E-state index contributed by atoms with van der Waals surface area (Å²) in [6, 6.07) is 27.8. The first-order chi connectivity index (χ1) is 16.6. The number of piperidine rings is 1. The topological polar surface area (TPSA) is 58.6 Å². The zero-order chi connectivity index (χ0) is 23.8. The van der Waals surface area contributed by atoms with Gasteiger partial charge in [0.1, 0.15) is 5.75 Å². The maximum absolute atomic E-state index is 13.2. The highest BCUT2D eigenvalue weighted by atomic mass is 16.5. The summed E-state index contributed by atoms with van der Waals surface area (Å²) >= 11 is 0. The van der Waals surface area contributed by atoms with Crippen LogP contribution in [0.2, 0.25) is 0 Å². The van der Waals surface area contributed by atoms with Gasteiger partial charge in [-0.3, -0.25) is 9.59 Å². The number of hydrogen-bond donors (Lipinski definition) is 1. The average molecular weight is 457 g/mol. The van der Waals surface area contributed by atoms with Crippen molar-refractivity contribution in [2.24, 2.45) is 0 Å². The fourth-order valence-corrected chi connectivity index (χ4v) is 4.85. The van der Waals surface area contributed by atoms with Crippen molar-refractivity contribution in [3.63, 3.8) is 0 Å². The number of benzene rings is 3. The summed E-state index contributed by atoms with van der Waals surface area (Å²) < 4.78 is 5.38. The lowest BCUT2D eigenvalue weighted by atomic mass is 9.70. The molecule has 3 aromatic carbocycles. The molecule has 1 aliphatic heterocycles. The van der Waals surface area contributed by atoms with Crippen LogP contribution in [0.3, 0.4) is 0 Å². The molecule has 176 valence electrons. The summed E-state index contributed by atoms with van der Waals surface area (Å²) in [5.41, 5.74) is 2.71. The van der Waals surface area contributed by atoms with Crippen LogP contribution in [0, 0.1) is 0 Å². The molecule has 34 heavy (non-hydrogen) atoms. The Balaban J connectivity index is 1.43. The number of anilines is 1. The van der Waals surface area contributed by atoms with Gasteiger partial charge < -0.3 is 15.0 Å². The van der Waals surface area contributed by atoms with Gasteiger partial charge in [-0.05, 0) is 42.5 Å². The van der Waals surface area contributed by atoms with E-state index >= 15 is 0 Å². The first-order valence-corrected chi connectivity index (χ1v) is 11.9. The van der Waals surface area contributed by atoms with Crippen molar-refractivity contribution in [2.75, 3.05) is 25.5 Å². The smallest absolute Gasteiger partial charge is 0.225 e. The van der Waals surface area contributed by atoms with Crippen molar-refractivity contribution >= 4 is 17.5 Å². The second-order valence-corrected chi connectivity index (χ2v) is 8.94. The number of carbonyl (C=O) groups is 2. The number of para-hydroxylation sites is 2. The van der Waals surface area contributed by atoms with Crippen LogP contribution >= 0.6 is 0 Å². The normalized spacial score (nSPS) is 14.9. The van der Waals surface area contributed by atoms with Crippen molar-refractivity contribution in [2.45, 2.75) is 37.5 Å². The zero-order valence-electron chi connectivity index (χ0n) is 19.7. The summed E-state index contributed by atoms with van der Waals surface area (Å²) in [6.07, 6.45) is 3.14. The summed E-state index contributed by atoms with van der Waals surface area (Å²) in [7, 11) is 1.60. The second-order valence-electron chi connectivity index (χ2n) is 8.94. The molecule has 5 nitrogen and oxygen atoms in total. The number of nitrogens with one attached hydrogen (secondary N) is 1. The lowest BCUT2D eigenvalue weighted by molar-refractivity contribution is -0.133. The molecular weight excluding hydrogens is 424 g/mol. The number of aryl methyl sites for hydroxylation is 1. The maximum atomic E-state index is 13.2. The minimum atomic E-state index is -0.302. The van der Waals surface area contributed by atoms with E-state index in [4.69, 9.17) is 4.74 Å². The fraction of sp³-hybridized carbons (Fsp3) is 0.310. The molecule has 1 N–H and O–H groups in total. The summed E-state index contributed by atoms with van der Waals surface area (Å²) in [5.74, 6) is 0.782. The van der Waals surface area contributed by atoms with E-state index in [0.717, 1.165) is 24.8 Å². The number of ether oxygens (including phenoxy) is 1. The molecule has 2 amide bonds. The first-order valence-electron chi connectivity index (χ1n) is 11.9. The van der Waals surface area contributed by atoms with Crippen LogP contribution in [0.5, 0.6) is 5.75 Å². The van der Waals surface area contributed by atoms with Crippen LogP contribution in [0.4, 0.5) is 5.69 Å². The molecule has 1 aliphatic rings. The van der Waals surface area contributed by atoms with Crippen LogP contribution in [0.25, 0.3) is 0 Å². The van der Waals surface area contributed by atoms with E-state index in [1.165, 1.54) is 5.56 Å². The van der Waals surface area contributed by atoms with Gasteiger partial charge >= 0.3 is 0 Å². The van der Waals surface area contributed by atoms with Crippen LogP contribution in [-0.4, -0.2) is 36.9 Å². The predicted molar refractivity (Wildman–Crippen MR) is 135 cm³/mol. The Morgan fingerprint density at radius 1 is 0.882 bits per heavy atom. The molecule has 0 saturated carbocycles. The lowest BCUT2D eigenvalue weighted by Gasteiger charge is -2.42. The number of carbonyl (C=O) groups excluding carboxylic acids is 2. The van der Waals surface area contributed by atoms with Crippen LogP contribution in [0.1, 0.15) is 36.8 Å². The van der Waals surface area contributed by atoms with Gasteiger partial charge in [0.25, 0.3) is 0 Å². The van der Waals surface area contributed by atoms with Crippen molar-refractivity contribution in [1.29, 1.82) is 0 Å². The Morgan fingerprint density at radius 2 is 1.50 bits per heavy atom. The van der Waals surface area contributed by atoms with Gasteiger partial charge in [0.15, 0.2) is 0 Å². The SMILES string of the molecule is COc1ccccc1NC(=O)CC1(c2ccccc2)CCN(C(=O)CCc2ccccc2)CC1. The lowest BCUT2D eigenvalue weighted by Crippen LogP contribution is -2.46. The average Bonchev–Trinajstić information content (AvgIpc) is 2.89. The van der Waals surface area contributed by atoms with Gasteiger partial charge in [0.2, 0.25) is 11.8 Å². The molecule has 1 heterocycles. The van der Waals surface area contributed by atoms with Crippen molar-refractivity contribution in [3.05, 3.63) is 96.1 Å². The highest BCUT2D eigenvalue weighted by Gasteiger charge is 2.39. The molecule has 4 rings (SSSR count). The van der Waals surface area contributed by atoms with Gasteiger partial charge in [-0.25, -0.2) is 0 Å². The molecule has 0 spiro atoms. The summed E-state index contributed by atoms with van der Waals surface area (Å²) in [5, 5.41) is 3.03. The molecule has 3 aromatic rings. The molecule has 5 heteroatoms. The van der Waals surface area contributed by atoms with Crippen LogP contribution < -0.4 is 10.1 Å². The van der Waals surface area contributed by atoms with Gasteiger partial charge in [0, 0.05) is 31.3 Å². The molecular formula is C29H32N2O3. The van der Waals surface area contributed by atoms with Crippen molar-refractivity contribution in [1.82, 2.24) is 4.90 Å². The molecule has 0 atom stereocenters. The number of rotatable bonds is 8. The van der Waals surface area contributed by atoms with Crippen molar-refractivity contribution in [3.8, 4) is 5.75 Å². The third-order valence-electron chi connectivity index (χ3n) is 6.81. The molecule has 1 saturated heterocycles. The maximum Gasteiger partial charge on any atom is 0.225 e. The van der Waals surface area contributed by atoms with E-state index in [2.05, 4.69) is 29.6 Å². The van der Waals surface area contributed by atoms with Gasteiger partial charge in [-0.15, -0.1) is 0 Å². The van der Waals surface area contributed by atoms with Crippen LogP contribution in [-0.2, 0) is 21.4 Å². The van der Waals surface area contributed by atoms with E-state index in [-0.39, 0.29) is 17.2 Å². The largest absolute Gasteiger partial charge is 0.495 e.